The molecule has 2 aromatic rings. The van der Waals surface area contributed by atoms with Gasteiger partial charge in [0.1, 0.15) is 5.82 Å². The fraction of sp³-hybridized carbons (Fsp3) is 0.222. The Kier molecular flexibility index (Phi) is 4.37. The Hall–Kier alpha value is -2.69. The first kappa shape index (κ1) is 15.2. The van der Waals surface area contributed by atoms with Gasteiger partial charge < -0.3 is 10.2 Å². The van der Waals surface area contributed by atoms with E-state index in [0.717, 1.165) is 5.56 Å². The SMILES string of the molecule is O=C(Cc1ccccc1)N[C@@H]1CC(=O)N(c2cccc(F)c2)C1. The number of halogens is 1. The van der Waals surface area contributed by atoms with Gasteiger partial charge in [0.25, 0.3) is 0 Å². The molecule has 1 atom stereocenters. The van der Waals surface area contributed by atoms with Crippen LogP contribution < -0.4 is 10.2 Å². The van der Waals surface area contributed by atoms with E-state index in [1.165, 1.54) is 17.0 Å². The summed E-state index contributed by atoms with van der Waals surface area (Å²) in [6.07, 6.45) is 0.516. The van der Waals surface area contributed by atoms with Crippen molar-refractivity contribution >= 4 is 17.5 Å². The van der Waals surface area contributed by atoms with Gasteiger partial charge in [-0.1, -0.05) is 36.4 Å². The van der Waals surface area contributed by atoms with Crippen molar-refractivity contribution in [1.29, 1.82) is 0 Å². The quantitative estimate of drug-likeness (QED) is 0.942. The van der Waals surface area contributed by atoms with Crippen molar-refractivity contribution in [2.75, 3.05) is 11.4 Å². The maximum atomic E-state index is 13.3. The number of carbonyl (C=O) groups excluding carboxylic acids is 2. The Morgan fingerprint density at radius 2 is 1.96 bits per heavy atom. The van der Waals surface area contributed by atoms with Crippen LogP contribution in [0.3, 0.4) is 0 Å². The third-order valence-electron chi connectivity index (χ3n) is 3.82. The van der Waals surface area contributed by atoms with Crippen LogP contribution in [0, 0.1) is 5.82 Å². The predicted octanol–water partition coefficient (Wildman–Crippen LogP) is 2.29. The van der Waals surface area contributed by atoms with Crippen molar-refractivity contribution in [2.45, 2.75) is 18.9 Å². The highest BCUT2D eigenvalue weighted by Gasteiger charge is 2.31. The van der Waals surface area contributed by atoms with Gasteiger partial charge in [0, 0.05) is 18.7 Å². The fourth-order valence-corrected chi connectivity index (χ4v) is 2.76. The van der Waals surface area contributed by atoms with Gasteiger partial charge in [-0.3, -0.25) is 9.59 Å². The third-order valence-corrected chi connectivity index (χ3v) is 3.82. The predicted molar refractivity (Wildman–Crippen MR) is 85.4 cm³/mol. The number of benzene rings is 2. The molecule has 3 rings (SSSR count). The molecule has 4 nitrogen and oxygen atoms in total. The minimum atomic E-state index is -0.383. The molecule has 2 amide bonds. The summed E-state index contributed by atoms with van der Waals surface area (Å²) in [6.45, 7) is 0.364. The van der Waals surface area contributed by atoms with Gasteiger partial charge in [-0.15, -0.1) is 0 Å². The van der Waals surface area contributed by atoms with Crippen molar-refractivity contribution in [3.63, 3.8) is 0 Å². The molecule has 0 radical (unpaired) electrons. The van der Waals surface area contributed by atoms with Crippen LogP contribution in [0.4, 0.5) is 10.1 Å². The summed E-state index contributed by atoms with van der Waals surface area (Å²) < 4.78 is 13.3. The first-order chi connectivity index (χ1) is 11.1. The molecule has 0 bridgehead atoms. The van der Waals surface area contributed by atoms with Crippen LogP contribution in [0.5, 0.6) is 0 Å². The van der Waals surface area contributed by atoms with E-state index in [-0.39, 0.29) is 36.5 Å². The Morgan fingerprint density at radius 1 is 1.17 bits per heavy atom. The van der Waals surface area contributed by atoms with Crippen LogP contribution >= 0.6 is 0 Å². The number of hydrogen-bond donors (Lipinski definition) is 1. The van der Waals surface area contributed by atoms with Crippen LogP contribution in [0.1, 0.15) is 12.0 Å². The highest BCUT2D eigenvalue weighted by molar-refractivity contribution is 5.96. The number of hydrogen-bond acceptors (Lipinski definition) is 2. The molecule has 118 valence electrons. The van der Waals surface area contributed by atoms with E-state index >= 15 is 0 Å². The van der Waals surface area contributed by atoms with Gasteiger partial charge in [0.05, 0.1) is 12.5 Å². The van der Waals surface area contributed by atoms with Gasteiger partial charge in [-0.2, -0.15) is 0 Å². The fourth-order valence-electron chi connectivity index (χ4n) is 2.76. The van der Waals surface area contributed by atoms with Crippen LogP contribution in [0.25, 0.3) is 0 Å². The van der Waals surface area contributed by atoms with Crippen molar-refractivity contribution in [3.8, 4) is 0 Å². The highest BCUT2D eigenvalue weighted by atomic mass is 19.1. The lowest BCUT2D eigenvalue weighted by atomic mass is 10.1. The van der Waals surface area contributed by atoms with Crippen molar-refractivity contribution in [3.05, 3.63) is 66.0 Å². The van der Waals surface area contributed by atoms with E-state index in [0.29, 0.717) is 12.2 Å². The van der Waals surface area contributed by atoms with Gasteiger partial charge >= 0.3 is 0 Å². The molecule has 0 spiro atoms. The van der Waals surface area contributed by atoms with Crippen LogP contribution in [-0.2, 0) is 16.0 Å². The molecule has 0 saturated carbocycles. The third kappa shape index (κ3) is 3.74. The van der Waals surface area contributed by atoms with E-state index in [1.54, 1.807) is 12.1 Å². The lowest BCUT2D eigenvalue weighted by Gasteiger charge is -2.17. The second-order valence-electron chi connectivity index (χ2n) is 5.62. The van der Waals surface area contributed by atoms with Crippen LogP contribution in [0.15, 0.2) is 54.6 Å². The lowest BCUT2D eigenvalue weighted by Crippen LogP contribution is -2.38. The number of amides is 2. The average Bonchev–Trinajstić information content (AvgIpc) is 2.88. The topological polar surface area (TPSA) is 49.4 Å². The molecule has 1 N–H and O–H groups in total. The molecule has 1 aliphatic rings. The van der Waals surface area contributed by atoms with Gasteiger partial charge in [0.2, 0.25) is 11.8 Å². The number of nitrogens with one attached hydrogen (secondary N) is 1. The molecule has 0 unspecified atom stereocenters. The van der Waals surface area contributed by atoms with Crippen molar-refractivity contribution < 1.29 is 14.0 Å². The Morgan fingerprint density at radius 3 is 2.70 bits per heavy atom. The molecular formula is C18H17FN2O2. The second kappa shape index (κ2) is 6.60. The normalized spacial score (nSPS) is 17.3. The number of anilines is 1. The Bertz CT molecular complexity index is 718. The molecule has 0 aromatic heterocycles. The zero-order valence-corrected chi connectivity index (χ0v) is 12.5. The van der Waals surface area contributed by atoms with Crippen molar-refractivity contribution in [1.82, 2.24) is 5.32 Å². The average molecular weight is 312 g/mol. The standard InChI is InChI=1S/C18H17FN2O2/c19-14-7-4-8-16(10-14)21-12-15(11-18(21)23)20-17(22)9-13-5-2-1-3-6-13/h1-8,10,15H,9,11-12H2,(H,20,22)/t15-/m1/s1. The van der Waals surface area contributed by atoms with E-state index in [1.807, 2.05) is 30.3 Å². The first-order valence-corrected chi connectivity index (χ1v) is 7.51. The maximum absolute atomic E-state index is 13.3. The van der Waals surface area contributed by atoms with Crippen LogP contribution in [0.2, 0.25) is 0 Å². The zero-order valence-electron chi connectivity index (χ0n) is 12.5. The summed E-state index contributed by atoms with van der Waals surface area (Å²) in [6, 6.07) is 15.1. The van der Waals surface area contributed by atoms with Crippen molar-refractivity contribution in [2.24, 2.45) is 0 Å². The lowest BCUT2D eigenvalue weighted by molar-refractivity contribution is -0.121. The van der Waals surface area contributed by atoms with Gasteiger partial charge in [0.15, 0.2) is 0 Å². The maximum Gasteiger partial charge on any atom is 0.229 e. The number of carbonyl (C=O) groups is 2. The molecule has 2 aromatic carbocycles. The molecule has 23 heavy (non-hydrogen) atoms. The molecule has 1 heterocycles. The zero-order chi connectivity index (χ0) is 16.2. The summed E-state index contributed by atoms with van der Waals surface area (Å²) in [7, 11) is 0. The van der Waals surface area contributed by atoms with Crippen LogP contribution in [-0.4, -0.2) is 24.4 Å². The van der Waals surface area contributed by atoms with E-state index in [2.05, 4.69) is 5.32 Å². The Balaban J connectivity index is 1.60. The monoisotopic (exact) mass is 312 g/mol. The smallest absolute Gasteiger partial charge is 0.229 e. The summed E-state index contributed by atoms with van der Waals surface area (Å²) in [5.41, 5.74) is 1.45. The molecule has 1 aliphatic heterocycles. The minimum absolute atomic E-state index is 0.111. The summed E-state index contributed by atoms with van der Waals surface area (Å²) in [4.78, 5) is 25.7. The summed E-state index contributed by atoms with van der Waals surface area (Å²) >= 11 is 0. The molecular weight excluding hydrogens is 295 g/mol. The Labute approximate surface area is 133 Å². The van der Waals surface area contributed by atoms with Gasteiger partial charge in [-0.05, 0) is 23.8 Å². The van der Waals surface area contributed by atoms with E-state index < -0.39 is 0 Å². The second-order valence-corrected chi connectivity index (χ2v) is 5.62. The number of rotatable bonds is 4. The first-order valence-electron chi connectivity index (χ1n) is 7.51. The number of nitrogens with zero attached hydrogens (tertiary/aromatic N) is 1. The largest absolute Gasteiger partial charge is 0.351 e. The van der Waals surface area contributed by atoms with E-state index in [9.17, 15) is 14.0 Å². The highest BCUT2D eigenvalue weighted by Crippen LogP contribution is 2.22. The molecule has 0 aliphatic carbocycles. The molecule has 1 saturated heterocycles. The minimum Gasteiger partial charge on any atom is -0.351 e. The van der Waals surface area contributed by atoms with E-state index in [4.69, 9.17) is 0 Å². The molecule has 5 heteroatoms. The summed E-state index contributed by atoms with van der Waals surface area (Å²) in [5, 5.41) is 2.88. The summed E-state index contributed by atoms with van der Waals surface area (Å²) in [5.74, 6) is -0.609. The van der Waals surface area contributed by atoms with Gasteiger partial charge in [-0.25, -0.2) is 4.39 Å². The molecule has 1 fully saturated rings.